The summed E-state index contributed by atoms with van der Waals surface area (Å²) in [6.07, 6.45) is -0.125. The maximum Gasteiger partial charge on any atom is 0.221 e. The van der Waals surface area contributed by atoms with Crippen LogP contribution in [0.5, 0.6) is 17.2 Å². The van der Waals surface area contributed by atoms with Gasteiger partial charge in [-0.15, -0.1) is 0 Å². The number of aliphatic imine (C=N–C) groups is 1. The lowest BCUT2D eigenvalue weighted by molar-refractivity contribution is -0.114. The van der Waals surface area contributed by atoms with E-state index < -0.39 is 0 Å². The van der Waals surface area contributed by atoms with Crippen molar-refractivity contribution in [1.29, 1.82) is 0 Å². The quantitative estimate of drug-likeness (QED) is 0.289. The summed E-state index contributed by atoms with van der Waals surface area (Å²) in [5.74, 6) is 2.65. The van der Waals surface area contributed by atoms with Crippen LogP contribution in [0.4, 0.5) is 5.69 Å². The van der Waals surface area contributed by atoms with Gasteiger partial charge in [0.25, 0.3) is 0 Å². The molecule has 0 aromatic heterocycles. The molecule has 31 heavy (non-hydrogen) atoms. The van der Waals surface area contributed by atoms with Crippen LogP contribution < -0.4 is 30.2 Å². The Balaban J connectivity index is 1.81. The van der Waals surface area contributed by atoms with E-state index in [0.29, 0.717) is 48.6 Å². The number of ether oxygens (including phenoxy) is 3. The first kappa shape index (κ1) is 23.9. The zero-order chi connectivity index (χ0) is 22.5. The molecule has 0 heterocycles. The highest BCUT2D eigenvalue weighted by atomic mass is 16.5. The normalized spacial score (nSPS) is 11.9. The average molecular weight is 429 g/mol. The van der Waals surface area contributed by atoms with Crippen LogP contribution in [-0.2, 0) is 4.79 Å². The van der Waals surface area contributed by atoms with Crippen LogP contribution in [0.2, 0.25) is 0 Å². The van der Waals surface area contributed by atoms with Gasteiger partial charge in [0.2, 0.25) is 5.91 Å². The number of rotatable bonds is 11. The highest BCUT2D eigenvalue weighted by Crippen LogP contribution is 2.26. The molecular weight excluding hydrogens is 396 g/mol. The van der Waals surface area contributed by atoms with Gasteiger partial charge in [0.15, 0.2) is 17.5 Å². The number of hydrogen-bond donors (Lipinski definition) is 3. The molecule has 0 fully saturated rings. The molecule has 2 aromatic carbocycles. The fourth-order valence-electron chi connectivity index (χ4n) is 2.74. The van der Waals surface area contributed by atoms with E-state index in [-0.39, 0.29) is 12.0 Å². The smallest absolute Gasteiger partial charge is 0.221 e. The summed E-state index contributed by atoms with van der Waals surface area (Å²) in [5, 5.41) is 9.19. The van der Waals surface area contributed by atoms with Gasteiger partial charge in [0.1, 0.15) is 18.5 Å². The Morgan fingerprint density at radius 2 is 1.87 bits per heavy atom. The number of anilines is 1. The SMILES string of the molecule is CCNC(=NCC(C)Oc1ccccc1OC)NCCOc1cccc(NC(C)=O)c1. The maximum absolute atomic E-state index is 11.2. The average Bonchev–Trinajstić information content (AvgIpc) is 2.75. The molecule has 2 aromatic rings. The third-order valence-corrected chi connectivity index (χ3v) is 4.07. The predicted molar refractivity (Wildman–Crippen MR) is 123 cm³/mol. The van der Waals surface area contributed by atoms with Crippen LogP contribution in [0.3, 0.4) is 0 Å². The number of carbonyl (C=O) groups is 1. The van der Waals surface area contributed by atoms with Crippen LogP contribution in [0.1, 0.15) is 20.8 Å². The van der Waals surface area contributed by atoms with E-state index >= 15 is 0 Å². The van der Waals surface area contributed by atoms with Crippen molar-refractivity contribution >= 4 is 17.6 Å². The molecule has 0 aliphatic carbocycles. The van der Waals surface area contributed by atoms with Crippen molar-refractivity contribution in [2.45, 2.75) is 26.9 Å². The van der Waals surface area contributed by atoms with Gasteiger partial charge in [-0.25, -0.2) is 4.99 Å². The Bertz CT molecular complexity index is 857. The lowest BCUT2D eigenvalue weighted by Gasteiger charge is -2.17. The number of methoxy groups -OCH3 is 1. The summed E-state index contributed by atoms with van der Waals surface area (Å²) >= 11 is 0. The second-order valence-corrected chi connectivity index (χ2v) is 6.78. The van der Waals surface area contributed by atoms with Crippen LogP contribution in [0.25, 0.3) is 0 Å². The summed E-state index contributed by atoms with van der Waals surface area (Å²) in [4.78, 5) is 15.7. The molecule has 0 radical (unpaired) electrons. The van der Waals surface area contributed by atoms with E-state index in [0.717, 1.165) is 6.54 Å². The van der Waals surface area contributed by atoms with Gasteiger partial charge in [-0.3, -0.25) is 4.79 Å². The minimum Gasteiger partial charge on any atom is -0.493 e. The van der Waals surface area contributed by atoms with Crippen molar-refractivity contribution in [2.75, 3.05) is 38.7 Å². The molecule has 0 bridgehead atoms. The number of hydrogen-bond acceptors (Lipinski definition) is 5. The summed E-state index contributed by atoms with van der Waals surface area (Å²) in [6.45, 7) is 7.68. The monoisotopic (exact) mass is 428 g/mol. The third-order valence-electron chi connectivity index (χ3n) is 4.07. The van der Waals surface area contributed by atoms with E-state index in [9.17, 15) is 4.79 Å². The summed E-state index contributed by atoms with van der Waals surface area (Å²) in [6, 6.07) is 14.8. The first-order valence-corrected chi connectivity index (χ1v) is 10.3. The van der Waals surface area contributed by atoms with Crippen molar-refractivity contribution in [3.63, 3.8) is 0 Å². The topological polar surface area (TPSA) is 93.2 Å². The number of benzene rings is 2. The molecule has 1 atom stereocenters. The first-order chi connectivity index (χ1) is 15.0. The van der Waals surface area contributed by atoms with Gasteiger partial charge >= 0.3 is 0 Å². The number of para-hydroxylation sites is 2. The second-order valence-electron chi connectivity index (χ2n) is 6.78. The summed E-state index contributed by atoms with van der Waals surface area (Å²) in [5.41, 5.74) is 0.705. The summed E-state index contributed by atoms with van der Waals surface area (Å²) < 4.78 is 17.0. The van der Waals surface area contributed by atoms with Gasteiger partial charge in [0.05, 0.1) is 20.2 Å². The van der Waals surface area contributed by atoms with E-state index in [1.165, 1.54) is 6.92 Å². The minimum absolute atomic E-state index is 0.116. The standard InChI is InChI=1S/C23H32N4O4/c1-5-24-23(26-16-17(2)31-22-12-7-6-11-21(22)29-4)25-13-14-30-20-10-8-9-19(15-20)27-18(3)28/h6-12,15,17H,5,13-14,16H2,1-4H3,(H,27,28)(H2,24,25,26). The summed E-state index contributed by atoms with van der Waals surface area (Å²) in [7, 11) is 1.62. The van der Waals surface area contributed by atoms with E-state index in [1.807, 2.05) is 56.3 Å². The van der Waals surface area contributed by atoms with Crippen LogP contribution >= 0.6 is 0 Å². The van der Waals surface area contributed by atoms with Gasteiger partial charge < -0.3 is 30.2 Å². The van der Waals surface area contributed by atoms with E-state index in [4.69, 9.17) is 14.2 Å². The van der Waals surface area contributed by atoms with Gasteiger partial charge in [0, 0.05) is 25.2 Å². The maximum atomic E-state index is 11.2. The molecule has 2 rings (SSSR count). The van der Waals surface area contributed by atoms with Crippen molar-refractivity contribution in [3.8, 4) is 17.2 Å². The molecule has 0 aliphatic heterocycles. The number of amides is 1. The van der Waals surface area contributed by atoms with Crippen molar-refractivity contribution in [2.24, 2.45) is 4.99 Å². The van der Waals surface area contributed by atoms with Gasteiger partial charge in [-0.1, -0.05) is 18.2 Å². The Hall–Kier alpha value is -3.42. The molecule has 168 valence electrons. The second kappa shape index (κ2) is 13.0. The molecule has 0 spiro atoms. The van der Waals surface area contributed by atoms with E-state index in [1.54, 1.807) is 13.2 Å². The minimum atomic E-state index is -0.125. The number of nitrogens with one attached hydrogen (secondary N) is 3. The van der Waals surface area contributed by atoms with Gasteiger partial charge in [-0.05, 0) is 38.1 Å². The molecule has 8 heteroatoms. The van der Waals surface area contributed by atoms with Crippen molar-refractivity contribution < 1.29 is 19.0 Å². The van der Waals surface area contributed by atoms with E-state index in [2.05, 4.69) is 20.9 Å². The predicted octanol–water partition coefficient (Wildman–Crippen LogP) is 3.06. The lowest BCUT2D eigenvalue weighted by atomic mass is 10.3. The molecule has 0 saturated heterocycles. The Morgan fingerprint density at radius 3 is 2.58 bits per heavy atom. The number of carbonyl (C=O) groups excluding carboxylic acids is 1. The third kappa shape index (κ3) is 8.86. The molecule has 0 aliphatic rings. The van der Waals surface area contributed by atoms with Crippen LogP contribution in [0.15, 0.2) is 53.5 Å². The van der Waals surface area contributed by atoms with Crippen LogP contribution in [0, 0.1) is 0 Å². The molecule has 3 N–H and O–H groups in total. The zero-order valence-corrected chi connectivity index (χ0v) is 18.6. The molecule has 0 saturated carbocycles. The zero-order valence-electron chi connectivity index (χ0n) is 18.6. The Labute approximate surface area is 184 Å². The number of guanidine groups is 1. The van der Waals surface area contributed by atoms with Gasteiger partial charge in [-0.2, -0.15) is 0 Å². The Kier molecular flexibility index (Phi) is 10.0. The van der Waals surface area contributed by atoms with Crippen molar-refractivity contribution in [1.82, 2.24) is 10.6 Å². The van der Waals surface area contributed by atoms with Crippen molar-refractivity contribution in [3.05, 3.63) is 48.5 Å². The molecular formula is C23H32N4O4. The molecule has 1 unspecified atom stereocenters. The highest BCUT2D eigenvalue weighted by Gasteiger charge is 2.08. The first-order valence-electron chi connectivity index (χ1n) is 10.3. The largest absolute Gasteiger partial charge is 0.493 e. The molecule has 8 nitrogen and oxygen atoms in total. The highest BCUT2D eigenvalue weighted by molar-refractivity contribution is 5.88. The van der Waals surface area contributed by atoms with Crippen LogP contribution in [-0.4, -0.2) is 51.3 Å². The lowest BCUT2D eigenvalue weighted by Crippen LogP contribution is -2.40. The fraction of sp³-hybridized carbons (Fsp3) is 0.391. The Morgan fingerprint density at radius 1 is 1.10 bits per heavy atom. The number of nitrogens with zero attached hydrogens (tertiary/aromatic N) is 1. The fourth-order valence-corrected chi connectivity index (χ4v) is 2.74. The molecule has 1 amide bonds.